The second kappa shape index (κ2) is 9.09. The largest absolute Gasteiger partial charge is 0.462 e. The summed E-state index contributed by atoms with van der Waals surface area (Å²) in [5.74, 6) is -8.10. The van der Waals surface area contributed by atoms with E-state index >= 15 is 0 Å². The van der Waals surface area contributed by atoms with Crippen molar-refractivity contribution >= 4 is 5.97 Å². The molecule has 214 valence electrons. The van der Waals surface area contributed by atoms with Gasteiger partial charge in [0.2, 0.25) is 0 Å². The van der Waals surface area contributed by atoms with Gasteiger partial charge in [-0.2, -0.15) is 52.7 Å². The molecule has 36 heavy (non-hydrogen) atoms. The molecule has 1 aliphatic rings. The van der Waals surface area contributed by atoms with Crippen LogP contribution in [0.1, 0.15) is 53.9 Å². The minimum absolute atomic E-state index is 0.977. The van der Waals surface area contributed by atoms with Gasteiger partial charge >= 0.3 is 30.7 Å². The van der Waals surface area contributed by atoms with Gasteiger partial charge in [0.15, 0.2) is 0 Å². The summed E-state index contributed by atoms with van der Waals surface area (Å²) in [6.07, 6.45) is -34.1. The Morgan fingerprint density at radius 1 is 0.611 bits per heavy atom. The van der Waals surface area contributed by atoms with Gasteiger partial charge in [0.25, 0.3) is 11.2 Å². The molecule has 0 bridgehead atoms. The summed E-state index contributed by atoms with van der Waals surface area (Å²) in [6, 6.07) is 0. The lowest BCUT2D eigenvalue weighted by atomic mass is 9.65. The highest BCUT2D eigenvalue weighted by Gasteiger charge is 2.78. The molecular formula is C20H26F12O4. The molecule has 2 N–H and O–H groups in total. The first-order valence-corrected chi connectivity index (χ1v) is 10.4. The molecule has 4 nitrogen and oxygen atoms in total. The molecule has 0 spiro atoms. The monoisotopic (exact) mass is 558 g/mol. The Bertz CT molecular complexity index is 728. The van der Waals surface area contributed by atoms with Crippen LogP contribution < -0.4 is 0 Å². The Morgan fingerprint density at radius 2 is 0.889 bits per heavy atom. The summed E-state index contributed by atoms with van der Waals surface area (Å²) in [5.41, 5.74) is -14.1. The van der Waals surface area contributed by atoms with Crippen molar-refractivity contribution in [3.63, 3.8) is 0 Å². The van der Waals surface area contributed by atoms with E-state index in [1.54, 1.807) is 0 Å². The van der Waals surface area contributed by atoms with E-state index in [-0.39, 0.29) is 0 Å². The third kappa shape index (κ3) is 5.39. The lowest BCUT2D eigenvalue weighted by molar-refractivity contribution is -0.405. The topological polar surface area (TPSA) is 66.8 Å². The second-order valence-corrected chi connectivity index (χ2v) is 10.5. The molecule has 0 heterocycles. The normalized spacial score (nSPS) is 24.0. The molecule has 1 aliphatic carbocycles. The van der Waals surface area contributed by atoms with Crippen LogP contribution in [0.3, 0.4) is 0 Å². The fourth-order valence-corrected chi connectivity index (χ4v) is 3.90. The molecule has 0 amide bonds. The van der Waals surface area contributed by atoms with Gasteiger partial charge in [-0.1, -0.05) is 20.8 Å². The van der Waals surface area contributed by atoms with Crippen LogP contribution in [0.15, 0.2) is 0 Å². The van der Waals surface area contributed by atoms with Crippen LogP contribution in [0.2, 0.25) is 0 Å². The number of halogens is 12. The number of aliphatic hydroxyl groups is 2. The van der Waals surface area contributed by atoms with Crippen LogP contribution in [-0.2, 0) is 9.53 Å². The van der Waals surface area contributed by atoms with E-state index in [1.165, 1.54) is 34.6 Å². The Kier molecular flexibility index (Phi) is 8.22. The van der Waals surface area contributed by atoms with Gasteiger partial charge in [-0.25, -0.2) is 0 Å². The third-order valence-corrected chi connectivity index (χ3v) is 7.23. The number of hydrogen-bond acceptors (Lipinski definition) is 4. The summed E-state index contributed by atoms with van der Waals surface area (Å²) in [4.78, 5) is 12.6. The smallest absolute Gasteiger partial charge is 0.426 e. The molecule has 0 aromatic carbocycles. The predicted octanol–water partition coefficient (Wildman–Crippen LogP) is 6.10. The number of ether oxygens (including phenoxy) is 1. The molecule has 16 heteroatoms. The highest BCUT2D eigenvalue weighted by Crippen LogP contribution is 2.58. The zero-order valence-electron chi connectivity index (χ0n) is 19.6. The van der Waals surface area contributed by atoms with Gasteiger partial charge < -0.3 is 14.9 Å². The van der Waals surface area contributed by atoms with E-state index in [4.69, 9.17) is 4.74 Å². The van der Waals surface area contributed by atoms with Gasteiger partial charge in [0, 0.05) is 11.8 Å². The second-order valence-electron chi connectivity index (χ2n) is 10.5. The van der Waals surface area contributed by atoms with Crippen molar-refractivity contribution in [1.82, 2.24) is 0 Å². The van der Waals surface area contributed by atoms with Gasteiger partial charge in [-0.15, -0.1) is 0 Å². The quantitative estimate of drug-likeness (QED) is 0.324. The number of hydrogen-bond donors (Lipinski definition) is 2. The Balaban J connectivity index is 3.73. The molecule has 0 radical (unpaired) electrons. The molecule has 0 saturated heterocycles. The lowest BCUT2D eigenvalue weighted by Gasteiger charge is -2.49. The molecule has 2 atom stereocenters. The Morgan fingerprint density at radius 3 is 1.11 bits per heavy atom. The van der Waals surface area contributed by atoms with E-state index in [0.717, 1.165) is 0 Å². The van der Waals surface area contributed by atoms with Crippen LogP contribution in [0, 0.1) is 22.7 Å². The van der Waals surface area contributed by atoms with Crippen molar-refractivity contribution in [3.8, 4) is 0 Å². The average molecular weight is 558 g/mol. The lowest BCUT2D eigenvalue weighted by Crippen LogP contribution is -2.67. The van der Waals surface area contributed by atoms with Crippen molar-refractivity contribution in [2.24, 2.45) is 22.7 Å². The van der Waals surface area contributed by atoms with Gasteiger partial charge in [-0.05, 0) is 38.5 Å². The standard InChI is InChI=1S/C20H26F12O4/c1-13(2,3)14(4,5)12(33)36-11-7-9(15(34,17(21,22)23)18(24,25)26)6-10(8-11)16(35,19(27,28)29)20(30,31)32/h9-11,34-35H,6-8H2,1-5H3. The highest BCUT2D eigenvalue weighted by atomic mass is 19.4. The van der Waals surface area contributed by atoms with Crippen LogP contribution in [0.25, 0.3) is 0 Å². The summed E-state index contributed by atoms with van der Waals surface area (Å²) < 4.78 is 166. The first-order chi connectivity index (χ1) is 15.5. The van der Waals surface area contributed by atoms with Crippen LogP contribution in [0.5, 0.6) is 0 Å². The molecule has 0 aromatic rings. The van der Waals surface area contributed by atoms with E-state index in [0.29, 0.717) is 0 Å². The number of carbonyl (C=O) groups is 1. The Hall–Kier alpha value is -1.45. The van der Waals surface area contributed by atoms with Gasteiger partial charge in [-0.3, -0.25) is 4.79 Å². The maximum absolute atomic E-state index is 13.4. The highest BCUT2D eigenvalue weighted by molar-refractivity contribution is 5.77. The molecule has 2 unspecified atom stereocenters. The zero-order chi connectivity index (χ0) is 29.1. The van der Waals surface area contributed by atoms with Crippen molar-refractivity contribution < 1.29 is 72.4 Å². The SMILES string of the molecule is CC(C)(C)C(C)(C)C(=O)OC1CC(C(O)(C(F)(F)F)C(F)(F)F)CC(C(O)(C(F)(F)F)C(F)(F)F)C1. The van der Waals surface area contributed by atoms with Crippen molar-refractivity contribution in [2.75, 3.05) is 0 Å². The maximum Gasteiger partial charge on any atom is 0.426 e. The summed E-state index contributed by atoms with van der Waals surface area (Å²) in [6.45, 7) is 6.88. The first kappa shape index (κ1) is 32.6. The first-order valence-electron chi connectivity index (χ1n) is 10.4. The van der Waals surface area contributed by atoms with Crippen LogP contribution in [0.4, 0.5) is 52.7 Å². The summed E-state index contributed by atoms with van der Waals surface area (Å²) >= 11 is 0. The molecule has 0 aliphatic heterocycles. The van der Waals surface area contributed by atoms with E-state index < -0.39 is 89.9 Å². The maximum atomic E-state index is 13.4. The molecule has 1 rings (SSSR count). The number of esters is 1. The minimum atomic E-state index is -6.59. The van der Waals surface area contributed by atoms with Gasteiger partial charge in [0.1, 0.15) is 6.10 Å². The Labute approximate surface area is 198 Å². The van der Waals surface area contributed by atoms with Crippen molar-refractivity contribution in [2.45, 2.75) is 95.9 Å². The molecular weight excluding hydrogens is 532 g/mol. The zero-order valence-corrected chi connectivity index (χ0v) is 19.6. The summed E-state index contributed by atoms with van der Waals surface area (Å²) in [7, 11) is 0. The van der Waals surface area contributed by atoms with Gasteiger partial charge in [0.05, 0.1) is 5.41 Å². The fourth-order valence-electron chi connectivity index (χ4n) is 3.90. The van der Waals surface area contributed by atoms with Crippen LogP contribution in [-0.4, -0.2) is 58.2 Å². The number of rotatable bonds is 4. The minimum Gasteiger partial charge on any atom is -0.462 e. The number of alkyl halides is 12. The van der Waals surface area contributed by atoms with Crippen LogP contribution >= 0.6 is 0 Å². The summed E-state index contributed by atoms with van der Waals surface area (Å²) in [5, 5.41) is 19.4. The van der Waals surface area contributed by atoms with Crippen molar-refractivity contribution in [3.05, 3.63) is 0 Å². The average Bonchev–Trinajstić information content (AvgIpc) is 2.61. The van der Waals surface area contributed by atoms with E-state index in [9.17, 15) is 67.7 Å². The van der Waals surface area contributed by atoms with E-state index in [1.807, 2.05) is 0 Å². The molecule has 1 fully saturated rings. The van der Waals surface area contributed by atoms with E-state index in [2.05, 4.69) is 0 Å². The van der Waals surface area contributed by atoms with Crippen molar-refractivity contribution in [1.29, 1.82) is 0 Å². The third-order valence-electron chi connectivity index (χ3n) is 7.23. The fraction of sp³-hybridized carbons (Fsp3) is 0.950. The predicted molar refractivity (Wildman–Crippen MR) is 98.1 cm³/mol. The number of carbonyl (C=O) groups excluding carboxylic acids is 1. The molecule has 1 saturated carbocycles. The molecule has 0 aromatic heterocycles.